The summed E-state index contributed by atoms with van der Waals surface area (Å²) in [4.78, 5) is 25.9. The van der Waals surface area contributed by atoms with E-state index in [4.69, 9.17) is 4.74 Å². The van der Waals surface area contributed by atoms with Crippen LogP contribution in [0.15, 0.2) is 18.2 Å². The van der Waals surface area contributed by atoms with Crippen molar-refractivity contribution < 1.29 is 18.7 Å². The first-order chi connectivity index (χ1) is 12.3. The van der Waals surface area contributed by atoms with Crippen LogP contribution in [0, 0.1) is 18.7 Å². The Morgan fingerprint density at radius 3 is 2.58 bits per heavy atom. The van der Waals surface area contributed by atoms with Crippen LogP contribution in [-0.4, -0.2) is 42.1 Å². The highest BCUT2D eigenvalue weighted by Gasteiger charge is 2.53. The molecular formula is C20H25FN2O3. The van der Waals surface area contributed by atoms with Gasteiger partial charge in [-0.15, -0.1) is 0 Å². The van der Waals surface area contributed by atoms with Gasteiger partial charge in [0.25, 0.3) is 0 Å². The smallest absolute Gasteiger partial charge is 0.407 e. The topological polar surface area (TPSA) is 58.6 Å². The van der Waals surface area contributed by atoms with Crippen LogP contribution < -0.4 is 5.32 Å². The van der Waals surface area contributed by atoms with E-state index in [1.807, 2.05) is 17.0 Å². The van der Waals surface area contributed by atoms with Crippen LogP contribution in [0.4, 0.5) is 9.18 Å². The molecule has 0 radical (unpaired) electrons. The molecule has 1 N–H and O–H groups in total. The SMILES string of the molecule is Cc1ccc(C2(C)CCN(C(=O)[C@H]3C[C@]4(COC(=O)N4)C3)CC2)cc1F. The van der Waals surface area contributed by atoms with E-state index in [0.717, 1.165) is 18.4 Å². The van der Waals surface area contributed by atoms with E-state index in [1.54, 1.807) is 13.0 Å². The van der Waals surface area contributed by atoms with Crippen molar-refractivity contribution in [2.75, 3.05) is 19.7 Å². The van der Waals surface area contributed by atoms with E-state index in [-0.39, 0.29) is 34.7 Å². The van der Waals surface area contributed by atoms with Crippen molar-refractivity contribution in [2.45, 2.75) is 50.5 Å². The number of likely N-dealkylation sites (tertiary alicyclic amines) is 1. The van der Waals surface area contributed by atoms with Gasteiger partial charge in [-0.1, -0.05) is 19.1 Å². The number of piperidine rings is 1. The van der Waals surface area contributed by atoms with Crippen molar-refractivity contribution in [1.82, 2.24) is 10.2 Å². The summed E-state index contributed by atoms with van der Waals surface area (Å²) in [6.07, 6.45) is 2.61. The van der Waals surface area contributed by atoms with E-state index in [2.05, 4.69) is 12.2 Å². The first-order valence-corrected chi connectivity index (χ1v) is 9.31. The molecular weight excluding hydrogens is 335 g/mol. The summed E-state index contributed by atoms with van der Waals surface area (Å²) in [5.41, 5.74) is 1.26. The number of amides is 2. The molecule has 2 saturated heterocycles. The van der Waals surface area contributed by atoms with Crippen LogP contribution in [0.25, 0.3) is 0 Å². The highest BCUT2D eigenvalue weighted by Crippen LogP contribution is 2.43. The molecule has 0 aromatic heterocycles. The lowest BCUT2D eigenvalue weighted by Crippen LogP contribution is -2.59. The van der Waals surface area contributed by atoms with Gasteiger partial charge in [0.1, 0.15) is 12.4 Å². The van der Waals surface area contributed by atoms with Crippen LogP contribution >= 0.6 is 0 Å². The average molecular weight is 360 g/mol. The third kappa shape index (κ3) is 2.85. The van der Waals surface area contributed by atoms with Gasteiger partial charge in [0.2, 0.25) is 5.91 Å². The number of carbonyl (C=O) groups excluding carboxylic acids is 2. The lowest BCUT2D eigenvalue weighted by atomic mass is 9.68. The van der Waals surface area contributed by atoms with Crippen molar-refractivity contribution in [1.29, 1.82) is 0 Å². The molecule has 1 aromatic carbocycles. The van der Waals surface area contributed by atoms with Gasteiger partial charge in [-0.05, 0) is 55.2 Å². The molecule has 2 amide bonds. The van der Waals surface area contributed by atoms with Gasteiger partial charge in [-0.25, -0.2) is 9.18 Å². The molecule has 0 atom stereocenters. The van der Waals surface area contributed by atoms with E-state index in [0.29, 0.717) is 38.1 Å². The van der Waals surface area contributed by atoms with E-state index in [1.165, 1.54) is 0 Å². The molecule has 2 aliphatic heterocycles. The fourth-order valence-corrected chi connectivity index (χ4v) is 4.51. The van der Waals surface area contributed by atoms with Gasteiger partial charge in [0.15, 0.2) is 0 Å². The number of hydrogen-bond donors (Lipinski definition) is 1. The summed E-state index contributed by atoms with van der Waals surface area (Å²) in [6.45, 7) is 5.68. The number of alkyl carbamates (subject to hydrolysis) is 1. The average Bonchev–Trinajstić information content (AvgIpc) is 2.98. The second kappa shape index (κ2) is 5.96. The summed E-state index contributed by atoms with van der Waals surface area (Å²) in [5, 5.41) is 2.83. The van der Waals surface area contributed by atoms with Crippen molar-refractivity contribution >= 4 is 12.0 Å². The highest BCUT2D eigenvalue weighted by atomic mass is 19.1. The van der Waals surface area contributed by atoms with Crippen molar-refractivity contribution in [3.63, 3.8) is 0 Å². The molecule has 1 saturated carbocycles. The third-order valence-corrected chi connectivity index (χ3v) is 6.52. The second-order valence-electron chi connectivity index (χ2n) is 8.44. The zero-order valence-electron chi connectivity index (χ0n) is 15.3. The number of nitrogens with one attached hydrogen (secondary N) is 1. The second-order valence-corrected chi connectivity index (χ2v) is 8.44. The molecule has 140 valence electrons. The lowest BCUT2D eigenvalue weighted by molar-refractivity contribution is -0.142. The summed E-state index contributed by atoms with van der Waals surface area (Å²) < 4.78 is 18.9. The highest BCUT2D eigenvalue weighted by molar-refractivity contribution is 5.81. The van der Waals surface area contributed by atoms with E-state index in [9.17, 15) is 14.0 Å². The molecule has 26 heavy (non-hydrogen) atoms. The number of carbonyl (C=O) groups is 2. The van der Waals surface area contributed by atoms with E-state index >= 15 is 0 Å². The molecule has 1 aromatic rings. The molecule has 0 unspecified atom stereocenters. The maximum absolute atomic E-state index is 13.9. The zero-order chi connectivity index (χ0) is 18.5. The standard InChI is InChI=1S/C20H25FN2O3/c1-13-3-4-15(9-16(13)21)19(2)5-7-23(8-6-19)17(24)14-10-20(11-14)12-26-18(25)22-20/h3-4,9,14H,5-8,10-12H2,1-2H3,(H,22,25)/t14-,20+. The van der Waals surface area contributed by atoms with E-state index < -0.39 is 0 Å². The summed E-state index contributed by atoms with van der Waals surface area (Å²) in [7, 11) is 0. The van der Waals surface area contributed by atoms with Crippen molar-refractivity contribution in [3.8, 4) is 0 Å². The minimum Gasteiger partial charge on any atom is -0.447 e. The molecule has 0 bridgehead atoms. The van der Waals surface area contributed by atoms with Crippen molar-refractivity contribution in [3.05, 3.63) is 35.1 Å². The molecule has 3 fully saturated rings. The monoisotopic (exact) mass is 360 g/mol. The molecule has 4 rings (SSSR count). The first kappa shape index (κ1) is 17.3. The predicted octanol–water partition coefficient (Wildman–Crippen LogP) is 2.90. The first-order valence-electron chi connectivity index (χ1n) is 9.31. The number of benzene rings is 1. The Kier molecular flexibility index (Phi) is 3.97. The number of ether oxygens (including phenoxy) is 1. The number of hydrogen-bond acceptors (Lipinski definition) is 3. The van der Waals surface area contributed by atoms with Gasteiger partial charge >= 0.3 is 6.09 Å². The number of aryl methyl sites for hydroxylation is 1. The molecule has 2 heterocycles. The molecule has 6 heteroatoms. The zero-order valence-corrected chi connectivity index (χ0v) is 15.3. The number of nitrogens with zero attached hydrogens (tertiary/aromatic N) is 1. The van der Waals surface area contributed by atoms with Gasteiger partial charge < -0.3 is 15.0 Å². The maximum atomic E-state index is 13.9. The van der Waals surface area contributed by atoms with Crippen LogP contribution in [0.2, 0.25) is 0 Å². The fraction of sp³-hybridized carbons (Fsp3) is 0.600. The molecule has 1 aliphatic carbocycles. The van der Waals surface area contributed by atoms with Gasteiger partial charge in [0.05, 0.1) is 5.54 Å². The van der Waals surface area contributed by atoms with Gasteiger partial charge in [-0.3, -0.25) is 4.79 Å². The lowest BCUT2D eigenvalue weighted by Gasteiger charge is -2.46. The maximum Gasteiger partial charge on any atom is 0.407 e. The quantitative estimate of drug-likeness (QED) is 0.882. The summed E-state index contributed by atoms with van der Waals surface area (Å²) >= 11 is 0. The van der Waals surface area contributed by atoms with Crippen LogP contribution in [0.5, 0.6) is 0 Å². The Morgan fingerprint density at radius 1 is 1.31 bits per heavy atom. The summed E-state index contributed by atoms with van der Waals surface area (Å²) in [5.74, 6) is -0.0186. The van der Waals surface area contributed by atoms with Crippen LogP contribution in [0.3, 0.4) is 0 Å². The fourth-order valence-electron chi connectivity index (χ4n) is 4.51. The minimum absolute atomic E-state index is 0.0295. The molecule has 5 nitrogen and oxygen atoms in total. The van der Waals surface area contributed by atoms with Crippen LogP contribution in [-0.2, 0) is 14.9 Å². The van der Waals surface area contributed by atoms with Crippen molar-refractivity contribution in [2.24, 2.45) is 5.92 Å². The predicted molar refractivity (Wildman–Crippen MR) is 94.2 cm³/mol. The molecule has 3 aliphatic rings. The molecule has 1 spiro atoms. The van der Waals surface area contributed by atoms with Gasteiger partial charge in [0, 0.05) is 19.0 Å². The Balaban J connectivity index is 1.35. The van der Waals surface area contributed by atoms with Crippen LogP contribution in [0.1, 0.15) is 43.7 Å². The Bertz CT molecular complexity index is 749. The third-order valence-electron chi connectivity index (χ3n) is 6.52. The Hall–Kier alpha value is -2.11. The number of rotatable bonds is 2. The number of halogens is 1. The summed E-state index contributed by atoms with van der Waals surface area (Å²) in [6, 6.07) is 5.48. The normalized spacial score (nSPS) is 29.9. The Labute approximate surface area is 152 Å². The Morgan fingerprint density at radius 2 is 2.00 bits per heavy atom. The number of cyclic esters (lactones) is 1. The van der Waals surface area contributed by atoms with Gasteiger partial charge in [-0.2, -0.15) is 0 Å². The minimum atomic E-state index is -0.380. The largest absolute Gasteiger partial charge is 0.447 e.